The monoisotopic (exact) mass is 689 g/mol. The molecule has 10 rings (SSSR count). The highest BCUT2D eigenvalue weighted by Crippen LogP contribution is 2.43. The summed E-state index contributed by atoms with van der Waals surface area (Å²) in [4.78, 5) is 2.39. The summed E-state index contributed by atoms with van der Waals surface area (Å²) >= 11 is 0. The van der Waals surface area contributed by atoms with Crippen LogP contribution in [0.3, 0.4) is 0 Å². The molecule has 1 heterocycles. The summed E-state index contributed by atoms with van der Waals surface area (Å²) in [7, 11) is 0. The predicted octanol–water partition coefficient (Wildman–Crippen LogP) is 14.9. The van der Waals surface area contributed by atoms with Crippen LogP contribution in [-0.2, 0) is 0 Å². The maximum atomic E-state index is 6.33. The van der Waals surface area contributed by atoms with Gasteiger partial charge in [-0.1, -0.05) is 170 Å². The largest absolute Gasteiger partial charge is 0.456 e. The van der Waals surface area contributed by atoms with Crippen LogP contribution in [0.2, 0.25) is 0 Å². The van der Waals surface area contributed by atoms with Gasteiger partial charge in [-0.05, 0) is 92.0 Å². The zero-order chi connectivity index (χ0) is 35.8. The first-order valence-electron chi connectivity index (χ1n) is 18.4. The van der Waals surface area contributed by atoms with Gasteiger partial charge in [0.15, 0.2) is 0 Å². The third-order valence-corrected chi connectivity index (χ3v) is 10.5. The van der Waals surface area contributed by atoms with Crippen LogP contribution in [-0.4, -0.2) is 0 Å². The van der Waals surface area contributed by atoms with E-state index < -0.39 is 0 Å². The minimum atomic E-state index is 0.870. The van der Waals surface area contributed by atoms with E-state index in [2.05, 4.69) is 199 Å². The molecule has 0 unspecified atom stereocenters. The van der Waals surface area contributed by atoms with Gasteiger partial charge in [-0.15, -0.1) is 0 Å². The molecule has 0 aliphatic carbocycles. The smallest absolute Gasteiger partial charge is 0.136 e. The SMILES string of the molecule is c1ccc(-c2ccc(-c3ccc(N(c4ccc(-c5ccccc5-c5cc6ccccc6o5)cc4)c4cc5ccccc5c5ccccc45)cc3)cc2)cc1. The van der Waals surface area contributed by atoms with Crippen LogP contribution in [0, 0.1) is 0 Å². The number of fused-ring (bicyclic) bond motifs is 4. The molecule has 0 fully saturated rings. The quantitative estimate of drug-likeness (QED) is 0.155. The van der Waals surface area contributed by atoms with Gasteiger partial charge >= 0.3 is 0 Å². The van der Waals surface area contributed by atoms with Gasteiger partial charge in [-0.3, -0.25) is 0 Å². The zero-order valence-electron chi connectivity index (χ0n) is 29.6. The number of hydrogen-bond acceptors (Lipinski definition) is 2. The molecule has 9 aromatic carbocycles. The predicted molar refractivity (Wildman–Crippen MR) is 228 cm³/mol. The summed E-state index contributed by atoms with van der Waals surface area (Å²) in [6.45, 7) is 0. The van der Waals surface area contributed by atoms with Crippen molar-refractivity contribution in [3.8, 4) is 44.7 Å². The van der Waals surface area contributed by atoms with Gasteiger partial charge in [-0.25, -0.2) is 0 Å². The molecule has 0 bridgehead atoms. The second kappa shape index (κ2) is 13.4. The van der Waals surface area contributed by atoms with Crippen molar-refractivity contribution < 1.29 is 4.42 Å². The molecule has 0 atom stereocenters. The van der Waals surface area contributed by atoms with E-state index in [1.54, 1.807) is 0 Å². The van der Waals surface area contributed by atoms with Crippen LogP contribution < -0.4 is 4.90 Å². The minimum absolute atomic E-state index is 0.870. The molecular formula is C52H35NO. The first-order chi connectivity index (χ1) is 26.8. The average molecular weight is 690 g/mol. The molecule has 1 aromatic heterocycles. The lowest BCUT2D eigenvalue weighted by molar-refractivity contribution is 0.632. The molecule has 0 saturated carbocycles. The van der Waals surface area contributed by atoms with Crippen molar-refractivity contribution in [2.75, 3.05) is 4.90 Å². The Balaban J connectivity index is 1.07. The van der Waals surface area contributed by atoms with Gasteiger partial charge in [-0.2, -0.15) is 0 Å². The third kappa shape index (κ3) is 5.71. The van der Waals surface area contributed by atoms with E-state index in [4.69, 9.17) is 4.42 Å². The number of anilines is 3. The molecule has 54 heavy (non-hydrogen) atoms. The molecule has 0 amide bonds. The van der Waals surface area contributed by atoms with Crippen molar-refractivity contribution in [2.45, 2.75) is 0 Å². The highest BCUT2D eigenvalue weighted by molar-refractivity contribution is 6.14. The van der Waals surface area contributed by atoms with Crippen LogP contribution >= 0.6 is 0 Å². The molecule has 254 valence electrons. The normalized spacial score (nSPS) is 11.3. The summed E-state index contributed by atoms with van der Waals surface area (Å²) < 4.78 is 6.33. The molecule has 2 heteroatoms. The van der Waals surface area contributed by atoms with Gasteiger partial charge in [0.25, 0.3) is 0 Å². The molecule has 0 N–H and O–H groups in total. The Hall–Kier alpha value is -7.16. The zero-order valence-corrected chi connectivity index (χ0v) is 29.6. The Morgan fingerprint density at radius 1 is 0.315 bits per heavy atom. The lowest BCUT2D eigenvalue weighted by Crippen LogP contribution is -2.10. The highest BCUT2D eigenvalue weighted by atomic mass is 16.3. The van der Waals surface area contributed by atoms with Crippen LogP contribution in [0.5, 0.6) is 0 Å². The topological polar surface area (TPSA) is 16.4 Å². The molecule has 0 saturated heterocycles. The summed E-state index contributed by atoms with van der Waals surface area (Å²) in [5.41, 5.74) is 12.4. The Morgan fingerprint density at radius 2 is 0.796 bits per heavy atom. The Bertz CT molecular complexity index is 2870. The second-order valence-electron chi connectivity index (χ2n) is 13.7. The van der Waals surface area contributed by atoms with E-state index in [0.717, 1.165) is 50.5 Å². The van der Waals surface area contributed by atoms with Crippen LogP contribution in [0.25, 0.3) is 77.2 Å². The molecule has 0 spiro atoms. The van der Waals surface area contributed by atoms with E-state index in [0.29, 0.717) is 0 Å². The van der Waals surface area contributed by atoms with Crippen LogP contribution in [0.1, 0.15) is 0 Å². The summed E-state index contributed by atoms with van der Waals surface area (Å²) in [6.07, 6.45) is 0. The maximum Gasteiger partial charge on any atom is 0.136 e. The summed E-state index contributed by atoms with van der Waals surface area (Å²) in [5, 5.41) is 6.01. The van der Waals surface area contributed by atoms with E-state index in [1.807, 2.05) is 18.2 Å². The standard InChI is InChI=1S/C52H35NO/c1-2-12-36(13-3-1)37-22-24-38(25-23-37)39-26-30-43(31-27-39)53(50-34-41-14-4-6-17-46(41)47-18-8-9-19-48(47)50)44-32-28-40(29-33-44)45-16-7-10-20-49(45)52-35-42-15-5-11-21-51(42)54-52/h1-35H. The number of nitrogens with zero attached hydrogens (tertiary/aromatic N) is 1. The fraction of sp³-hybridized carbons (Fsp3) is 0. The van der Waals surface area contributed by atoms with Crippen molar-refractivity contribution in [3.63, 3.8) is 0 Å². The van der Waals surface area contributed by atoms with E-state index in [-0.39, 0.29) is 0 Å². The third-order valence-electron chi connectivity index (χ3n) is 10.5. The van der Waals surface area contributed by atoms with Gasteiger partial charge in [0.05, 0.1) is 5.69 Å². The number of furan rings is 1. The van der Waals surface area contributed by atoms with Crippen molar-refractivity contribution in [1.82, 2.24) is 0 Å². The number of hydrogen-bond donors (Lipinski definition) is 0. The molecule has 0 radical (unpaired) electrons. The molecule has 10 aromatic rings. The van der Waals surface area contributed by atoms with Gasteiger partial charge in [0, 0.05) is 27.7 Å². The first kappa shape index (κ1) is 31.6. The van der Waals surface area contributed by atoms with Crippen molar-refractivity contribution in [3.05, 3.63) is 212 Å². The van der Waals surface area contributed by atoms with Gasteiger partial charge in [0.2, 0.25) is 0 Å². The fourth-order valence-electron chi connectivity index (χ4n) is 7.79. The average Bonchev–Trinajstić information content (AvgIpc) is 3.69. The Kier molecular flexibility index (Phi) is 7.85. The minimum Gasteiger partial charge on any atom is -0.456 e. The van der Waals surface area contributed by atoms with Crippen LogP contribution in [0.4, 0.5) is 17.1 Å². The number of rotatable bonds is 7. The lowest BCUT2D eigenvalue weighted by Gasteiger charge is -2.28. The molecular weight excluding hydrogens is 655 g/mol. The van der Waals surface area contributed by atoms with Gasteiger partial charge < -0.3 is 9.32 Å². The lowest BCUT2D eigenvalue weighted by atomic mass is 9.96. The van der Waals surface area contributed by atoms with Crippen molar-refractivity contribution >= 4 is 49.6 Å². The Labute approximate surface area is 314 Å². The first-order valence-corrected chi connectivity index (χ1v) is 18.4. The van der Waals surface area contributed by atoms with Crippen molar-refractivity contribution in [1.29, 1.82) is 0 Å². The fourth-order valence-corrected chi connectivity index (χ4v) is 7.79. The highest BCUT2D eigenvalue weighted by Gasteiger charge is 2.19. The summed E-state index contributed by atoms with van der Waals surface area (Å²) in [5.74, 6) is 0.870. The molecule has 0 aliphatic heterocycles. The van der Waals surface area contributed by atoms with E-state index in [1.165, 1.54) is 43.8 Å². The number of para-hydroxylation sites is 1. The molecule has 0 aliphatic rings. The number of benzene rings is 9. The van der Waals surface area contributed by atoms with Crippen LogP contribution in [0.15, 0.2) is 217 Å². The van der Waals surface area contributed by atoms with E-state index >= 15 is 0 Å². The maximum absolute atomic E-state index is 6.33. The summed E-state index contributed by atoms with van der Waals surface area (Å²) in [6, 6.07) is 75.9. The van der Waals surface area contributed by atoms with Crippen molar-refractivity contribution in [2.24, 2.45) is 0 Å². The Morgan fingerprint density at radius 3 is 1.46 bits per heavy atom. The van der Waals surface area contributed by atoms with Gasteiger partial charge in [0.1, 0.15) is 11.3 Å². The molecule has 2 nitrogen and oxygen atoms in total. The second-order valence-corrected chi connectivity index (χ2v) is 13.7. The van der Waals surface area contributed by atoms with E-state index in [9.17, 15) is 0 Å².